The molecule has 86 valence electrons. The van der Waals surface area contributed by atoms with E-state index in [-0.39, 0.29) is 11.0 Å². The van der Waals surface area contributed by atoms with Crippen molar-refractivity contribution in [3.63, 3.8) is 0 Å². The van der Waals surface area contributed by atoms with Gasteiger partial charge in [-0.1, -0.05) is 43.2 Å². The summed E-state index contributed by atoms with van der Waals surface area (Å²) in [6.07, 6.45) is 3.26. The first-order valence-corrected chi connectivity index (χ1v) is 6.16. The van der Waals surface area contributed by atoms with Crippen LogP contribution < -0.4 is 0 Å². The highest BCUT2D eigenvalue weighted by atomic mass is 32.1. The van der Waals surface area contributed by atoms with Crippen molar-refractivity contribution in [3.05, 3.63) is 35.9 Å². The van der Waals surface area contributed by atoms with Crippen LogP contribution in [0.3, 0.4) is 0 Å². The molecule has 0 spiro atoms. The second kappa shape index (κ2) is 4.60. The Morgan fingerprint density at radius 3 is 2.62 bits per heavy atom. The topological polar surface area (TPSA) is 37.3 Å². The Kier molecular flexibility index (Phi) is 3.36. The molecule has 1 aliphatic carbocycles. The molecule has 2 nitrogen and oxygen atoms in total. The smallest absolute Gasteiger partial charge is 0.195 e. The Morgan fingerprint density at radius 1 is 1.31 bits per heavy atom. The number of ketones is 1. The molecule has 0 aromatic heterocycles. The van der Waals surface area contributed by atoms with Crippen LogP contribution in [0.2, 0.25) is 0 Å². The number of thiol groups is 1. The molecule has 2 atom stereocenters. The van der Waals surface area contributed by atoms with Crippen LogP contribution in [0.15, 0.2) is 30.3 Å². The van der Waals surface area contributed by atoms with Crippen molar-refractivity contribution in [3.8, 4) is 0 Å². The largest absolute Gasteiger partial charge is 0.381 e. The van der Waals surface area contributed by atoms with E-state index in [0.717, 1.165) is 19.3 Å². The van der Waals surface area contributed by atoms with Gasteiger partial charge in [-0.15, -0.1) is 0 Å². The van der Waals surface area contributed by atoms with Gasteiger partial charge in [-0.3, -0.25) is 4.79 Å². The maximum Gasteiger partial charge on any atom is 0.195 e. The summed E-state index contributed by atoms with van der Waals surface area (Å²) in [4.78, 5) is 12.2. The molecule has 0 bridgehead atoms. The molecule has 1 saturated carbocycles. The lowest BCUT2D eigenvalue weighted by atomic mass is 9.79. The van der Waals surface area contributed by atoms with Gasteiger partial charge in [-0.2, -0.15) is 12.6 Å². The van der Waals surface area contributed by atoms with Gasteiger partial charge in [-0.05, 0) is 12.8 Å². The Bertz CT molecular complexity index is 377. The van der Waals surface area contributed by atoms with Crippen LogP contribution in [0.4, 0.5) is 0 Å². The summed E-state index contributed by atoms with van der Waals surface area (Å²) in [5.41, 5.74) is -0.700. The van der Waals surface area contributed by atoms with Crippen LogP contribution in [-0.2, 0) is 0 Å². The molecule has 1 fully saturated rings. The fraction of sp³-hybridized carbons (Fsp3) is 0.462. The summed E-state index contributed by atoms with van der Waals surface area (Å²) in [5.74, 6) is -0.187. The second-order valence-corrected chi connectivity index (χ2v) is 5.00. The zero-order valence-corrected chi connectivity index (χ0v) is 9.99. The van der Waals surface area contributed by atoms with Gasteiger partial charge in [0.1, 0.15) is 5.60 Å². The van der Waals surface area contributed by atoms with Crippen LogP contribution in [0.25, 0.3) is 0 Å². The molecule has 1 aromatic rings. The first-order valence-electron chi connectivity index (χ1n) is 5.65. The van der Waals surface area contributed by atoms with Crippen LogP contribution >= 0.6 is 12.6 Å². The van der Waals surface area contributed by atoms with Crippen LogP contribution in [0.1, 0.15) is 36.0 Å². The van der Waals surface area contributed by atoms with E-state index in [4.69, 9.17) is 0 Å². The van der Waals surface area contributed by atoms with Crippen molar-refractivity contribution in [2.24, 2.45) is 0 Å². The van der Waals surface area contributed by atoms with E-state index < -0.39 is 5.60 Å². The van der Waals surface area contributed by atoms with E-state index in [0.29, 0.717) is 12.0 Å². The molecule has 2 rings (SSSR count). The molecule has 0 aliphatic heterocycles. The molecular weight excluding hydrogens is 220 g/mol. The highest BCUT2D eigenvalue weighted by Crippen LogP contribution is 2.34. The zero-order valence-electron chi connectivity index (χ0n) is 9.10. The molecular formula is C13H16O2S. The Hall–Kier alpha value is -0.800. The van der Waals surface area contributed by atoms with Crippen LogP contribution in [0.5, 0.6) is 0 Å². The third-order valence-corrected chi connectivity index (χ3v) is 3.95. The van der Waals surface area contributed by atoms with Gasteiger partial charge >= 0.3 is 0 Å². The lowest BCUT2D eigenvalue weighted by Gasteiger charge is -2.35. The molecule has 0 heterocycles. The molecule has 2 unspecified atom stereocenters. The minimum Gasteiger partial charge on any atom is -0.381 e. The fourth-order valence-electron chi connectivity index (χ4n) is 2.24. The lowest BCUT2D eigenvalue weighted by Crippen LogP contribution is -2.49. The van der Waals surface area contributed by atoms with E-state index >= 15 is 0 Å². The SMILES string of the molecule is O=C(c1ccccc1)C1(O)CCCCC1S. The first kappa shape index (κ1) is 11.7. The molecule has 1 aliphatic rings. The minimum absolute atomic E-state index is 0.187. The predicted octanol–water partition coefficient (Wildman–Crippen LogP) is 2.47. The number of rotatable bonds is 2. The number of Topliss-reactive ketones (excluding diaryl/α,β-unsaturated/α-hetero) is 1. The number of benzene rings is 1. The van der Waals surface area contributed by atoms with Gasteiger partial charge in [0.2, 0.25) is 0 Å². The average molecular weight is 236 g/mol. The predicted molar refractivity (Wildman–Crippen MR) is 67.0 cm³/mol. The number of carbonyl (C=O) groups excluding carboxylic acids is 1. The summed E-state index contributed by atoms with van der Waals surface area (Å²) < 4.78 is 0. The Labute approximate surface area is 101 Å². The molecule has 1 aromatic carbocycles. The Morgan fingerprint density at radius 2 is 2.00 bits per heavy atom. The Balaban J connectivity index is 2.26. The molecule has 1 N–H and O–H groups in total. The number of hydrogen-bond donors (Lipinski definition) is 2. The maximum absolute atomic E-state index is 12.2. The van der Waals surface area contributed by atoms with Crippen molar-refractivity contribution in [2.45, 2.75) is 36.5 Å². The third-order valence-electron chi connectivity index (χ3n) is 3.27. The van der Waals surface area contributed by atoms with E-state index in [1.807, 2.05) is 18.2 Å². The van der Waals surface area contributed by atoms with Crippen LogP contribution in [0, 0.1) is 0 Å². The van der Waals surface area contributed by atoms with Gasteiger partial charge < -0.3 is 5.11 Å². The van der Waals surface area contributed by atoms with Gasteiger partial charge in [0.15, 0.2) is 5.78 Å². The van der Waals surface area contributed by atoms with E-state index in [2.05, 4.69) is 12.6 Å². The normalized spacial score (nSPS) is 30.0. The van der Waals surface area contributed by atoms with Crippen molar-refractivity contribution >= 4 is 18.4 Å². The van der Waals surface area contributed by atoms with Gasteiger partial charge in [0.05, 0.1) is 0 Å². The molecule has 16 heavy (non-hydrogen) atoms. The van der Waals surface area contributed by atoms with Gasteiger partial charge in [-0.25, -0.2) is 0 Å². The van der Waals surface area contributed by atoms with Crippen molar-refractivity contribution in [1.29, 1.82) is 0 Å². The van der Waals surface area contributed by atoms with E-state index in [1.165, 1.54) is 0 Å². The maximum atomic E-state index is 12.2. The summed E-state index contributed by atoms with van der Waals surface area (Å²) in [5, 5.41) is 10.2. The van der Waals surface area contributed by atoms with Crippen molar-refractivity contribution in [2.75, 3.05) is 0 Å². The van der Waals surface area contributed by atoms with Crippen molar-refractivity contribution < 1.29 is 9.90 Å². The highest BCUT2D eigenvalue weighted by Gasteiger charge is 2.43. The summed E-state index contributed by atoms with van der Waals surface area (Å²) in [6, 6.07) is 8.98. The summed E-state index contributed by atoms with van der Waals surface area (Å²) in [6.45, 7) is 0. The average Bonchev–Trinajstić information content (AvgIpc) is 2.33. The molecule has 0 radical (unpaired) electrons. The third kappa shape index (κ3) is 2.02. The van der Waals surface area contributed by atoms with Crippen molar-refractivity contribution in [1.82, 2.24) is 0 Å². The fourth-order valence-corrected chi connectivity index (χ4v) is 2.67. The highest BCUT2D eigenvalue weighted by molar-refractivity contribution is 7.81. The first-order chi connectivity index (χ1) is 7.64. The zero-order chi connectivity index (χ0) is 11.6. The van der Waals surface area contributed by atoms with E-state index in [9.17, 15) is 9.90 Å². The van der Waals surface area contributed by atoms with E-state index in [1.54, 1.807) is 12.1 Å². The summed E-state index contributed by atoms with van der Waals surface area (Å²) in [7, 11) is 0. The standard InChI is InChI=1S/C13H16O2S/c14-12(10-6-2-1-3-7-10)13(15)9-5-4-8-11(13)16/h1-3,6-7,11,15-16H,4-5,8-9H2. The summed E-state index contributed by atoms with van der Waals surface area (Å²) >= 11 is 4.36. The van der Waals surface area contributed by atoms with Crippen LogP contribution in [-0.4, -0.2) is 21.7 Å². The molecule has 3 heteroatoms. The second-order valence-electron chi connectivity index (χ2n) is 4.38. The lowest BCUT2D eigenvalue weighted by molar-refractivity contribution is 0.0160. The minimum atomic E-state index is -1.28. The monoisotopic (exact) mass is 236 g/mol. The quantitative estimate of drug-likeness (QED) is 0.611. The number of aliphatic hydroxyl groups is 1. The van der Waals surface area contributed by atoms with Gasteiger partial charge in [0.25, 0.3) is 0 Å². The van der Waals surface area contributed by atoms with Gasteiger partial charge in [0, 0.05) is 10.8 Å². The molecule has 0 amide bonds. The molecule has 0 saturated heterocycles. The number of carbonyl (C=O) groups is 1. The number of hydrogen-bond acceptors (Lipinski definition) is 3.